The largest absolute Gasteiger partial charge is 0.493 e. The minimum atomic E-state index is 0.545. The molecule has 0 aliphatic heterocycles. The SMILES string of the molecule is COc1c(C)cc2c(c1OC)[C@@H](C)CC[C@@H]2CCCC=C(C)C. The third kappa shape index (κ3) is 3.91. The van der Waals surface area contributed by atoms with Gasteiger partial charge in [-0.15, -0.1) is 0 Å². The number of unbranched alkanes of at least 4 members (excludes halogenated alkanes) is 1. The van der Waals surface area contributed by atoms with Crippen LogP contribution in [-0.2, 0) is 0 Å². The summed E-state index contributed by atoms with van der Waals surface area (Å²) in [6.45, 7) is 8.80. The van der Waals surface area contributed by atoms with Gasteiger partial charge in [0.05, 0.1) is 14.2 Å². The Bertz CT molecular complexity index is 568. The lowest BCUT2D eigenvalue weighted by atomic mass is 9.74. The highest BCUT2D eigenvalue weighted by Crippen LogP contribution is 2.49. The molecule has 1 aromatic rings. The lowest BCUT2D eigenvalue weighted by Crippen LogP contribution is -2.15. The Balaban J connectivity index is 2.30. The Morgan fingerprint density at radius 3 is 2.48 bits per heavy atom. The molecule has 2 atom stereocenters. The average molecular weight is 316 g/mol. The second kappa shape index (κ2) is 7.90. The van der Waals surface area contributed by atoms with Crippen LogP contribution in [0.5, 0.6) is 11.5 Å². The van der Waals surface area contributed by atoms with E-state index in [1.165, 1.54) is 54.4 Å². The summed E-state index contributed by atoms with van der Waals surface area (Å²) in [5.74, 6) is 3.07. The molecule has 0 unspecified atom stereocenters. The number of benzene rings is 1. The first kappa shape index (κ1) is 17.9. The van der Waals surface area contributed by atoms with Gasteiger partial charge in [0.25, 0.3) is 0 Å². The fraction of sp³-hybridized carbons (Fsp3) is 0.619. The lowest BCUT2D eigenvalue weighted by molar-refractivity contribution is 0.341. The molecule has 0 radical (unpaired) electrons. The third-order valence-corrected chi connectivity index (χ3v) is 5.09. The molecular weight excluding hydrogens is 284 g/mol. The second-order valence-corrected chi connectivity index (χ2v) is 7.15. The van der Waals surface area contributed by atoms with E-state index in [0.29, 0.717) is 11.8 Å². The molecule has 23 heavy (non-hydrogen) atoms. The molecule has 0 bridgehead atoms. The van der Waals surface area contributed by atoms with Gasteiger partial charge < -0.3 is 9.47 Å². The maximum Gasteiger partial charge on any atom is 0.164 e. The number of ether oxygens (including phenoxy) is 2. The van der Waals surface area contributed by atoms with Crippen molar-refractivity contribution in [2.75, 3.05) is 14.2 Å². The standard InChI is InChI=1S/C21H32O2/c1-14(2)9-7-8-10-17-12-11-15(3)19-18(17)13-16(4)20(22-5)21(19)23-6/h9,13,15,17H,7-8,10-12H2,1-6H3/t15-,17-/m0/s1. The second-order valence-electron chi connectivity index (χ2n) is 7.15. The highest BCUT2D eigenvalue weighted by Gasteiger charge is 2.30. The molecular formula is C21H32O2. The molecule has 1 aromatic carbocycles. The van der Waals surface area contributed by atoms with Gasteiger partial charge in [-0.05, 0) is 75.8 Å². The van der Waals surface area contributed by atoms with Crippen LogP contribution in [0.25, 0.3) is 0 Å². The van der Waals surface area contributed by atoms with Crippen LogP contribution in [0.2, 0.25) is 0 Å². The maximum absolute atomic E-state index is 5.76. The first-order valence-electron chi connectivity index (χ1n) is 8.88. The van der Waals surface area contributed by atoms with Crippen molar-refractivity contribution in [2.45, 2.75) is 71.6 Å². The molecule has 0 saturated carbocycles. The van der Waals surface area contributed by atoms with Crippen molar-refractivity contribution >= 4 is 0 Å². The summed E-state index contributed by atoms with van der Waals surface area (Å²) in [6, 6.07) is 2.35. The summed E-state index contributed by atoms with van der Waals surface area (Å²) in [6.07, 6.45) is 8.60. The van der Waals surface area contributed by atoms with Gasteiger partial charge >= 0.3 is 0 Å². The minimum Gasteiger partial charge on any atom is -0.493 e. The van der Waals surface area contributed by atoms with Crippen LogP contribution in [-0.4, -0.2) is 14.2 Å². The normalized spacial score (nSPS) is 19.9. The average Bonchev–Trinajstić information content (AvgIpc) is 2.51. The Kier molecular flexibility index (Phi) is 6.15. The van der Waals surface area contributed by atoms with Gasteiger partial charge in [-0.25, -0.2) is 0 Å². The molecule has 1 aliphatic rings. The summed E-state index contributed by atoms with van der Waals surface area (Å²) in [7, 11) is 3.50. The summed E-state index contributed by atoms with van der Waals surface area (Å²) in [5.41, 5.74) is 5.49. The van der Waals surface area contributed by atoms with Gasteiger partial charge in [-0.2, -0.15) is 0 Å². The van der Waals surface area contributed by atoms with E-state index in [4.69, 9.17) is 9.47 Å². The number of hydrogen-bond donors (Lipinski definition) is 0. The number of allylic oxidation sites excluding steroid dienone is 2. The van der Waals surface area contributed by atoms with E-state index in [-0.39, 0.29) is 0 Å². The first-order chi connectivity index (χ1) is 11.0. The van der Waals surface area contributed by atoms with Gasteiger partial charge in [0, 0.05) is 5.56 Å². The van der Waals surface area contributed by atoms with Crippen LogP contribution in [0, 0.1) is 6.92 Å². The van der Waals surface area contributed by atoms with Crippen molar-refractivity contribution in [2.24, 2.45) is 0 Å². The summed E-state index contributed by atoms with van der Waals surface area (Å²) >= 11 is 0. The topological polar surface area (TPSA) is 18.5 Å². The van der Waals surface area contributed by atoms with Crippen molar-refractivity contribution in [1.29, 1.82) is 0 Å². The summed E-state index contributed by atoms with van der Waals surface area (Å²) in [5, 5.41) is 0. The van der Waals surface area contributed by atoms with E-state index in [1.54, 1.807) is 14.2 Å². The maximum atomic E-state index is 5.76. The van der Waals surface area contributed by atoms with E-state index in [0.717, 1.165) is 11.5 Å². The highest BCUT2D eigenvalue weighted by molar-refractivity contribution is 5.58. The van der Waals surface area contributed by atoms with Gasteiger partial charge in [-0.1, -0.05) is 24.6 Å². The number of fused-ring (bicyclic) bond motifs is 1. The third-order valence-electron chi connectivity index (χ3n) is 5.09. The van der Waals surface area contributed by atoms with Gasteiger partial charge in [0.15, 0.2) is 11.5 Å². The molecule has 0 aromatic heterocycles. The van der Waals surface area contributed by atoms with Crippen molar-refractivity contribution in [3.63, 3.8) is 0 Å². The molecule has 0 spiro atoms. The quantitative estimate of drug-likeness (QED) is 0.464. The molecule has 0 heterocycles. The fourth-order valence-corrected chi connectivity index (χ4v) is 3.92. The molecule has 2 nitrogen and oxygen atoms in total. The van der Waals surface area contributed by atoms with Crippen molar-refractivity contribution < 1.29 is 9.47 Å². The Labute approximate surface area is 141 Å². The minimum absolute atomic E-state index is 0.545. The lowest BCUT2D eigenvalue weighted by Gasteiger charge is -2.32. The molecule has 2 heteroatoms. The van der Waals surface area contributed by atoms with E-state index in [1.807, 2.05) is 0 Å². The van der Waals surface area contributed by atoms with E-state index < -0.39 is 0 Å². The molecule has 2 rings (SSSR count). The zero-order valence-electron chi connectivity index (χ0n) is 15.7. The molecule has 0 N–H and O–H groups in total. The van der Waals surface area contributed by atoms with Gasteiger partial charge in [0.1, 0.15) is 0 Å². The molecule has 0 fully saturated rings. The fourth-order valence-electron chi connectivity index (χ4n) is 3.92. The Morgan fingerprint density at radius 1 is 1.17 bits per heavy atom. The van der Waals surface area contributed by atoms with Crippen LogP contribution in [0.3, 0.4) is 0 Å². The monoisotopic (exact) mass is 316 g/mol. The molecule has 1 aliphatic carbocycles. The number of hydrogen-bond acceptors (Lipinski definition) is 2. The zero-order chi connectivity index (χ0) is 17.0. The van der Waals surface area contributed by atoms with Crippen LogP contribution in [0.4, 0.5) is 0 Å². The van der Waals surface area contributed by atoms with E-state index in [2.05, 4.69) is 39.8 Å². The van der Waals surface area contributed by atoms with Crippen molar-refractivity contribution in [3.8, 4) is 11.5 Å². The van der Waals surface area contributed by atoms with E-state index in [9.17, 15) is 0 Å². The Hall–Kier alpha value is -1.44. The van der Waals surface area contributed by atoms with Gasteiger partial charge in [0.2, 0.25) is 0 Å². The predicted molar refractivity (Wildman–Crippen MR) is 98.0 cm³/mol. The van der Waals surface area contributed by atoms with Crippen molar-refractivity contribution in [3.05, 3.63) is 34.4 Å². The van der Waals surface area contributed by atoms with Crippen LogP contribution >= 0.6 is 0 Å². The highest BCUT2D eigenvalue weighted by atomic mass is 16.5. The first-order valence-corrected chi connectivity index (χ1v) is 8.88. The van der Waals surface area contributed by atoms with Crippen LogP contribution in [0.15, 0.2) is 17.7 Å². The predicted octanol–water partition coefficient (Wildman–Crippen LogP) is 6.13. The van der Waals surface area contributed by atoms with Crippen molar-refractivity contribution in [1.82, 2.24) is 0 Å². The Morgan fingerprint density at radius 2 is 1.87 bits per heavy atom. The smallest absolute Gasteiger partial charge is 0.164 e. The molecule has 128 valence electrons. The van der Waals surface area contributed by atoms with Crippen LogP contribution < -0.4 is 9.47 Å². The zero-order valence-corrected chi connectivity index (χ0v) is 15.7. The molecule has 0 amide bonds. The number of rotatable bonds is 6. The number of aryl methyl sites for hydroxylation is 1. The summed E-state index contributed by atoms with van der Waals surface area (Å²) in [4.78, 5) is 0. The van der Waals surface area contributed by atoms with E-state index >= 15 is 0 Å². The van der Waals surface area contributed by atoms with Gasteiger partial charge in [-0.3, -0.25) is 0 Å². The summed E-state index contributed by atoms with van der Waals surface area (Å²) < 4.78 is 11.4. The van der Waals surface area contributed by atoms with Crippen LogP contribution in [0.1, 0.15) is 81.4 Å². The molecule has 0 saturated heterocycles. The number of methoxy groups -OCH3 is 2.